The molecule has 1 aromatic heterocycles. The topological polar surface area (TPSA) is 46.3 Å². The molecule has 3 nitrogen and oxygen atoms in total. The van der Waals surface area contributed by atoms with Crippen LogP contribution < -0.4 is 5.73 Å². The van der Waals surface area contributed by atoms with Gasteiger partial charge in [-0.2, -0.15) is 0 Å². The lowest BCUT2D eigenvalue weighted by atomic mass is 10.1. The zero-order valence-electron chi connectivity index (χ0n) is 12.1. The van der Waals surface area contributed by atoms with Crippen molar-refractivity contribution in [3.8, 4) is 0 Å². The van der Waals surface area contributed by atoms with Crippen LogP contribution in [0.2, 0.25) is 0 Å². The van der Waals surface area contributed by atoms with Crippen LogP contribution in [-0.4, -0.2) is 17.9 Å². The van der Waals surface area contributed by atoms with Crippen LogP contribution in [0.5, 0.6) is 0 Å². The van der Waals surface area contributed by atoms with Crippen LogP contribution in [0.4, 0.5) is 0 Å². The molecule has 1 unspecified atom stereocenters. The van der Waals surface area contributed by atoms with E-state index >= 15 is 0 Å². The van der Waals surface area contributed by atoms with Crippen LogP contribution in [0.25, 0.3) is 0 Å². The van der Waals surface area contributed by atoms with E-state index in [0.717, 1.165) is 10.4 Å². The normalized spacial score (nSPS) is 12.2. The van der Waals surface area contributed by atoms with E-state index in [0.29, 0.717) is 6.54 Å². The van der Waals surface area contributed by atoms with Crippen molar-refractivity contribution >= 4 is 17.2 Å². The highest BCUT2D eigenvalue weighted by atomic mass is 32.1. The van der Waals surface area contributed by atoms with Crippen molar-refractivity contribution in [1.29, 1.82) is 0 Å². The zero-order valence-corrected chi connectivity index (χ0v) is 12.9. The number of hydrogen-bond donors (Lipinski definition) is 1. The fraction of sp³-hybridized carbons (Fsp3) is 0.312. The average molecular weight is 288 g/mol. The third kappa shape index (κ3) is 3.26. The van der Waals surface area contributed by atoms with E-state index in [1.54, 1.807) is 11.9 Å². The summed E-state index contributed by atoms with van der Waals surface area (Å²) in [4.78, 5) is 14.9. The van der Waals surface area contributed by atoms with Crippen LogP contribution in [-0.2, 0) is 11.3 Å². The van der Waals surface area contributed by atoms with Gasteiger partial charge in [-0.25, -0.2) is 0 Å². The van der Waals surface area contributed by atoms with Gasteiger partial charge >= 0.3 is 0 Å². The summed E-state index contributed by atoms with van der Waals surface area (Å²) in [7, 11) is 1.80. The number of amides is 1. The molecule has 1 amide bonds. The first-order valence-electron chi connectivity index (χ1n) is 6.59. The van der Waals surface area contributed by atoms with Crippen molar-refractivity contribution in [3.63, 3.8) is 0 Å². The van der Waals surface area contributed by atoms with Crippen LogP contribution in [0, 0.1) is 13.8 Å². The van der Waals surface area contributed by atoms with E-state index in [1.807, 2.05) is 17.5 Å². The second kappa shape index (κ2) is 6.20. The van der Waals surface area contributed by atoms with Crippen molar-refractivity contribution in [2.24, 2.45) is 5.73 Å². The van der Waals surface area contributed by atoms with Gasteiger partial charge in [0.1, 0.15) is 6.04 Å². The van der Waals surface area contributed by atoms with Gasteiger partial charge in [-0.1, -0.05) is 29.8 Å². The maximum atomic E-state index is 12.3. The van der Waals surface area contributed by atoms with Crippen molar-refractivity contribution in [2.45, 2.75) is 26.4 Å². The van der Waals surface area contributed by atoms with Crippen LogP contribution in [0.15, 0.2) is 35.7 Å². The molecule has 0 saturated heterocycles. The molecule has 0 fully saturated rings. The third-order valence-corrected chi connectivity index (χ3v) is 4.35. The summed E-state index contributed by atoms with van der Waals surface area (Å²) in [6.45, 7) is 4.72. The molecule has 0 spiro atoms. The van der Waals surface area contributed by atoms with Gasteiger partial charge in [-0.15, -0.1) is 11.3 Å². The molecule has 1 heterocycles. The Balaban J connectivity index is 2.07. The summed E-state index contributed by atoms with van der Waals surface area (Å²) < 4.78 is 0. The van der Waals surface area contributed by atoms with E-state index < -0.39 is 6.04 Å². The van der Waals surface area contributed by atoms with Gasteiger partial charge in [-0.05, 0) is 36.4 Å². The van der Waals surface area contributed by atoms with Crippen molar-refractivity contribution < 1.29 is 4.79 Å². The number of nitrogens with two attached hydrogens (primary N) is 1. The number of rotatable bonds is 4. The molecular formula is C16H20N2OS. The van der Waals surface area contributed by atoms with Gasteiger partial charge in [-0.3, -0.25) is 4.79 Å². The first kappa shape index (κ1) is 14.8. The second-order valence-corrected chi connectivity index (χ2v) is 6.10. The Bertz CT molecular complexity index is 593. The molecule has 1 atom stereocenters. The maximum absolute atomic E-state index is 12.3. The van der Waals surface area contributed by atoms with Gasteiger partial charge in [0.25, 0.3) is 0 Å². The highest BCUT2D eigenvalue weighted by molar-refractivity contribution is 7.10. The van der Waals surface area contributed by atoms with Gasteiger partial charge in [0.15, 0.2) is 0 Å². The Morgan fingerprint density at radius 1 is 1.35 bits per heavy atom. The number of thiophene rings is 1. The second-order valence-electron chi connectivity index (χ2n) is 5.12. The number of carbonyl (C=O) groups excluding carboxylic acids is 1. The Morgan fingerprint density at radius 2 is 2.10 bits per heavy atom. The SMILES string of the molecule is Cc1ccc(CN(C)C(=O)C(N)c2cccs2)c(C)c1. The quantitative estimate of drug-likeness (QED) is 0.940. The number of hydrogen-bond acceptors (Lipinski definition) is 3. The summed E-state index contributed by atoms with van der Waals surface area (Å²) >= 11 is 1.52. The van der Waals surface area contributed by atoms with E-state index in [2.05, 4.69) is 32.0 Å². The van der Waals surface area contributed by atoms with Gasteiger partial charge < -0.3 is 10.6 Å². The Kier molecular flexibility index (Phi) is 4.57. The van der Waals surface area contributed by atoms with Gasteiger partial charge in [0.05, 0.1) is 0 Å². The van der Waals surface area contributed by atoms with Crippen LogP contribution in [0.1, 0.15) is 27.6 Å². The largest absolute Gasteiger partial charge is 0.340 e. The molecule has 106 valence electrons. The summed E-state index contributed by atoms with van der Waals surface area (Å²) in [6, 6.07) is 9.53. The molecular weight excluding hydrogens is 268 g/mol. The lowest BCUT2D eigenvalue weighted by Crippen LogP contribution is -2.35. The molecule has 1 aromatic carbocycles. The number of benzene rings is 1. The Morgan fingerprint density at radius 3 is 2.70 bits per heavy atom. The molecule has 0 aliphatic heterocycles. The van der Waals surface area contributed by atoms with E-state index in [-0.39, 0.29) is 5.91 Å². The summed E-state index contributed by atoms with van der Waals surface area (Å²) in [5, 5.41) is 1.94. The number of likely N-dealkylation sites (N-methyl/N-ethyl adjacent to an activating group) is 1. The van der Waals surface area contributed by atoms with Crippen LogP contribution >= 0.6 is 11.3 Å². The van der Waals surface area contributed by atoms with E-state index in [1.165, 1.54) is 22.5 Å². The molecule has 4 heteroatoms. The summed E-state index contributed by atoms with van der Waals surface area (Å²) in [5.41, 5.74) is 9.61. The lowest BCUT2D eigenvalue weighted by molar-refractivity contribution is -0.131. The summed E-state index contributed by atoms with van der Waals surface area (Å²) in [5.74, 6) is -0.0487. The highest BCUT2D eigenvalue weighted by Gasteiger charge is 2.21. The van der Waals surface area contributed by atoms with E-state index in [9.17, 15) is 4.79 Å². The molecule has 0 aliphatic rings. The monoisotopic (exact) mass is 288 g/mol. The third-order valence-electron chi connectivity index (χ3n) is 3.40. The molecule has 0 saturated carbocycles. The number of aryl methyl sites for hydroxylation is 2. The predicted molar refractivity (Wildman–Crippen MR) is 83.6 cm³/mol. The fourth-order valence-electron chi connectivity index (χ4n) is 2.18. The van der Waals surface area contributed by atoms with Crippen molar-refractivity contribution in [2.75, 3.05) is 7.05 Å². The standard InChI is InChI=1S/C16H20N2OS/c1-11-6-7-13(12(2)9-11)10-18(3)16(19)15(17)14-5-4-8-20-14/h4-9,15H,10,17H2,1-3H3. The minimum absolute atomic E-state index is 0.0487. The van der Waals surface area contributed by atoms with Crippen molar-refractivity contribution in [1.82, 2.24) is 4.90 Å². The average Bonchev–Trinajstić information content (AvgIpc) is 2.94. The summed E-state index contributed by atoms with van der Waals surface area (Å²) in [6.07, 6.45) is 0. The zero-order chi connectivity index (χ0) is 14.7. The molecule has 2 aromatic rings. The number of carbonyl (C=O) groups is 1. The van der Waals surface area contributed by atoms with E-state index in [4.69, 9.17) is 5.73 Å². The lowest BCUT2D eigenvalue weighted by Gasteiger charge is -2.22. The molecule has 2 rings (SSSR count). The maximum Gasteiger partial charge on any atom is 0.244 e. The Hall–Kier alpha value is -1.65. The Labute approximate surface area is 124 Å². The molecule has 0 aliphatic carbocycles. The minimum atomic E-state index is -0.564. The minimum Gasteiger partial charge on any atom is -0.340 e. The first-order valence-corrected chi connectivity index (χ1v) is 7.47. The highest BCUT2D eigenvalue weighted by Crippen LogP contribution is 2.20. The molecule has 0 radical (unpaired) electrons. The molecule has 2 N–H and O–H groups in total. The molecule has 20 heavy (non-hydrogen) atoms. The fourth-order valence-corrected chi connectivity index (χ4v) is 2.90. The molecule has 0 bridgehead atoms. The first-order chi connectivity index (χ1) is 9.49. The van der Waals surface area contributed by atoms with Crippen molar-refractivity contribution in [3.05, 3.63) is 57.3 Å². The van der Waals surface area contributed by atoms with Gasteiger partial charge in [0.2, 0.25) is 5.91 Å². The van der Waals surface area contributed by atoms with Crippen LogP contribution in [0.3, 0.4) is 0 Å². The number of nitrogens with zero attached hydrogens (tertiary/aromatic N) is 1. The smallest absolute Gasteiger partial charge is 0.244 e. The van der Waals surface area contributed by atoms with Gasteiger partial charge in [0, 0.05) is 18.5 Å². The predicted octanol–water partition coefficient (Wildman–Crippen LogP) is 3.02.